The van der Waals surface area contributed by atoms with Crippen molar-refractivity contribution >= 4 is 23.5 Å². The van der Waals surface area contributed by atoms with Gasteiger partial charge in [0.25, 0.3) is 5.91 Å². The average molecular weight is 410 g/mol. The lowest BCUT2D eigenvalue weighted by molar-refractivity contribution is -0.137. The Labute approximate surface area is 175 Å². The summed E-state index contributed by atoms with van der Waals surface area (Å²) in [5, 5.41) is 10.1. The van der Waals surface area contributed by atoms with Crippen LogP contribution in [0.2, 0.25) is 0 Å². The van der Waals surface area contributed by atoms with Gasteiger partial charge in [0.15, 0.2) is 0 Å². The Hall–Kier alpha value is -3.42. The zero-order chi connectivity index (χ0) is 21.7. The van der Waals surface area contributed by atoms with Crippen LogP contribution >= 0.6 is 0 Å². The minimum Gasteiger partial charge on any atom is -0.463 e. The van der Waals surface area contributed by atoms with E-state index in [0.717, 1.165) is 41.8 Å². The van der Waals surface area contributed by atoms with E-state index < -0.39 is 11.9 Å². The van der Waals surface area contributed by atoms with Gasteiger partial charge in [-0.05, 0) is 49.9 Å². The molecule has 1 aliphatic rings. The molecule has 158 valence electrons. The third kappa shape index (κ3) is 5.34. The molecule has 3 rings (SSSR count). The molecule has 1 aromatic heterocycles. The lowest BCUT2D eigenvalue weighted by atomic mass is 10.1. The van der Waals surface area contributed by atoms with E-state index >= 15 is 0 Å². The molecule has 0 unspecified atom stereocenters. The van der Waals surface area contributed by atoms with Crippen LogP contribution in [-0.4, -0.2) is 34.2 Å². The second-order valence-corrected chi connectivity index (χ2v) is 7.20. The number of esters is 1. The van der Waals surface area contributed by atoms with Crippen molar-refractivity contribution in [1.82, 2.24) is 15.1 Å². The van der Waals surface area contributed by atoms with Crippen molar-refractivity contribution in [3.63, 3.8) is 0 Å². The number of benzene rings is 1. The standard InChI is InChI=1S/C22H26N4O4/c1-4-30-21(28)11-10-20(27)24-17-7-5-6-16(14(17)2)13-23-22(29)19-12-18(15-8-9-15)25-26(19)3/h5-7,10-12,15H,4,8-9,13H2,1-3H3,(H,23,29)(H,24,27)/b11-10+. The smallest absolute Gasteiger partial charge is 0.330 e. The van der Waals surface area contributed by atoms with Gasteiger partial charge in [-0.1, -0.05) is 12.1 Å². The number of hydrogen-bond acceptors (Lipinski definition) is 5. The van der Waals surface area contributed by atoms with Crippen molar-refractivity contribution in [2.24, 2.45) is 7.05 Å². The minimum absolute atomic E-state index is 0.192. The number of aromatic nitrogens is 2. The van der Waals surface area contributed by atoms with Crippen molar-refractivity contribution in [3.05, 3.63) is 58.9 Å². The first-order chi connectivity index (χ1) is 14.4. The van der Waals surface area contributed by atoms with Gasteiger partial charge in [-0.2, -0.15) is 5.10 Å². The lowest BCUT2D eigenvalue weighted by Gasteiger charge is -2.12. The Bertz CT molecular complexity index is 989. The van der Waals surface area contributed by atoms with E-state index in [1.54, 1.807) is 30.8 Å². The van der Waals surface area contributed by atoms with Gasteiger partial charge in [-0.3, -0.25) is 14.3 Å². The van der Waals surface area contributed by atoms with Crippen LogP contribution in [0.15, 0.2) is 36.4 Å². The summed E-state index contributed by atoms with van der Waals surface area (Å²) in [5.74, 6) is -0.711. The second kappa shape index (κ2) is 9.39. The summed E-state index contributed by atoms with van der Waals surface area (Å²) in [4.78, 5) is 35.9. The SMILES string of the molecule is CCOC(=O)/C=C/C(=O)Nc1cccc(CNC(=O)c2cc(C3CC3)nn2C)c1C. The maximum absolute atomic E-state index is 12.6. The molecule has 0 atom stereocenters. The van der Waals surface area contributed by atoms with Crippen LogP contribution in [0.25, 0.3) is 0 Å². The van der Waals surface area contributed by atoms with E-state index in [9.17, 15) is 14.4 Å². The van der Waals surface area contributed by atoms with E-state index in [4.69, 9.17) is 4.74 Å². The Morgan fingerprint density at radius 2 is 2.03 bits per heavy atom. The first-order valence-electron chi connectivity index (χ1n) is 9.95. The Balaban J connectivity index is 1.61. The van der Waals surface area contributed by atoms with Crippen LogP contribution in [0.5, 0.6) is 0 Å². The van der Waals surface area contributed by atoms with Crippen LogP contribution in [-0.2, 0) is 27.9 Å². The molecule has 2 amide bonds. The lowest BCUT2D eigenvalue weighted by Crippen LogP contribution is -2.25. The second-order valence-electron chi connectivity index (χ2n) is 7.20. The number of anilines is 1. The van der Waals surface area contributed by atoms with E-state index in [-0.39, 0.29) is 12.5 Å². The number of rotatable bonds is 8. The molecule has 8 nitrogen and oxygen atoms in total. The van der Waals surface area contributed by atoms with Crippen molar-refractivity contribution in [1.29, 1.82) is 0 Å². The summed E-state index contributed by atoms with van der Waals surface area (Å²) in [6.07, 6.45) is 4.48. The normalized spacial score (nSPS) is 13.3. The molecule has 1 saturated carbocycles. The molecule has 1 aliphatic carbocycles. The predicted octanol–water partition coefficient (Wildman–Crippen LogP) is 2.59. The third-order valence-electron chi connectivity index (χ3n) is 4.93. The third-order valence-corrected chi connectivity index (χ3v) is 4.93. The Kier molecular flexibility index (Phi) is 6.66. The summed E-state index contributed by atoms with van der Waals surface area (Å²) in [6.45, 7) is 4.12. The fraction of sp³-hybridized carbons (Fsp3) is 0.364. The minimum atomic E-state index is -0.569. The summed E-state index contributed by atoms with van der Waals surface area (Å²) in [5.41, 5.74) is 3.82. The van der Waals surface area contributed by atoms with Crippen LogP contribution < -0.4 is 10.6 Å². The number of carbonyl (C=O) groups is 3. The number of nitrogens with zero attached hydrogens (tertiary/aromatic N) is 2. The zero-order valence-electron chi connectivity index (χ0n) is 17.4. The zero-order valence-corrected chi connectivity index (χ0v) is 17.4. The quantitative estimate of drug-likeness (QED) is 0.514. The first-order valence-corrected chi connectivity index (χ1v) is 9.95. The van der Waals surface area contributed by atoms with Gasteiger partial charge >= 0.3 is 5.97 Å². The molecule has 0 radical (unpaired) electrons. The molecule has 0 bridgehead atoms. The van der Waals surface area contributed by atoms with E-state index in [1.807, 2.05) is 19.1 Å². The Morgan fingerprint density at radius 1 is 1.27 bits per heavy atom. The van der Waals surface area contributed by atoms with Crippen molar-refractivity contribution < 1.29 is 19.1 Å². The molecule has 1 heterocycles. The molecule has 2 N–H and O–H groups in total. The van der Waals surface area contributed by atoms with Crippen molar-refractivity contribution in [3.8, 4) is 0 Å². The molecule has 0 spiro atoms. The van der Waals surface area contributed by atoms with Gasteiger partial charge in [0.2, 0.25) is 5.91 Å². The average Bonchev–Trinajstić information content (AvgIpc) is 3.49. The number of carbonyl (C=O) groups excluding carboxylic acids is 3. The molecular weight excluding hydrogens is 384 g/mol. The fourth-order valence-electron chi connectivity index (χ4n) is 3.07. The molecule has 1 aromatic carbocycles. The number of amides is 2. The molecule has 0 aliphatic heterocycles. The number of aryl methyl sites for hydroxylation is 1. The van der Waals surface area contributed by atoms with Gasteiger partial charge in [0, 0.05) is 37.3 Å². The van der Waals surface area contributed by atoms with Crippen molar-refractivity contribution in [2.75, 3.05) is 11.9 Å². The van der Waals surface area contributed by atoms with E-state index in [1.165, 1.54) is 0 Å². The molecule has 1 fully saturated rings. The monoisotopic (exact) mass is 410 g/mol. The summed E-state index contributed by atoms with van der Waals surface area (Å²) < 4.78 is 6.36. The van der Waals surface area contributed by atoms with Crippen LogP contribution in [0, 0.1) is 6.92 Å². The van der Waals surface area contributed by atoms with Gasteiger partial charge < -0.3 is 15.4 Å². The molecular formula is C22H26N4O4. The highest BCUT2D eigenvalue weighted by atomic mass is 16.5. The molecule has 30 heavy (non-hydrogen) atoms. The number of ether oxygens (including phenoxy) is 1. The van der Waals surface area contributed by atoms with Crippen LogP contribution in [0.3, 0.4) is 0 Å². The fourth-order valence-corrected chi connectivity index (χ4v) is 3.07. The van der Waals surface area contributed by atoms with Crippen LogP contribution in [0.1, 0.15) is 53.0 Å². The van der Waals surface area contributed by atoms with Gasteiger partial charge in [-0.25, -0.2) is 4.79 Å². The highest BCUT2D eigenvalue weighted by Gasteiger charge is 2.28. The largest absolute Gasteiger partial charge is 0.463 e. The Morgan fingerprint density at radius 3 is 2.73 bits per heavy atom. The molecule has 2 aromatic rings. The van der Waals surface area contributed by atoms with Gasteiger partial charge in [0.05, 0.1) is 12.3 Å². The number of hydrogen-bond donors (Lipinski definition) is 2. The van der Waals surface area contributed by atoms with Gasteiger partial charge in [0.1, 0.15) is 5.69 Å². The maximum Gasteiger partial charge on any atom is 0.330 e. The highest BCUT2D eigenvalue weighted by molar-refractivity contribution is 6.03. The molecule has 8 heteroatoms. The number of nitrogens with one attached hydrogen (secondary N) is 2. The molecule has 0 saturated heterocycles. The predicted molar refractivity (Wildman–Crippen MR) is 112 cm³/mol. The summed E-state index contributed by atoms with van der Waals surface area (Å²) in [6, 6.07) is 7.30. The summed E-state index contributed by atoms with van der Waals surface area (Å²) in [7, 11) is 1.77. The van der Waals surface area contributed by atoms with Crippen LogP contribution in [0.4, 0.5) is 5.69 Å². The van der Waals surface area contributed by atoms with E-state index in [2.05, 4.69) is 15.7 Å². The van der Waals surface area contributed by atoms with Gasteiger partial charge in [-0.15, -0.1) is 0 Å². The van der Waals surface area contributed by atoms with Crippen molar-refractivity contribution in [2.45, 2.75) is 39.2 Å². The van der Waals surface area contributed by atoms with E-state index in [0.29, 0.717) is 23.8 Å². The highest BCUT2D eigenvalue weighted by Crippen LogP contribution is 2.39. The first kappa shape index (κ1) is 21.3. The maximum atomic E-state index is 12.6. The summed E-state index contributed by atoms with van der Waals surface area (Å²) >= 11 is 0. The topological polar surface area (TPSA) is 102 Å².